The Morgan fingerprint density at radius 1 is 1.16 bits per heavy atom. The van der Waals surface area contributed by atoms with E-state index in [9.17, 15) is 9.59 Å². The molecule has 0 unspecified atom stereocenters. The van der Waals surface area contributed by atoms with E-state index in [1.165, 1.54) is 4.90 Å². The number of nitrogens with zero attached hydrogens (tertiary/aromatic N) is 3. The quantitative estimate of drug-likeness (QED) is 0.600. The Hall–Kier alpha value is -2.38. The van der Waals surface area contributed by atoms with Crippen LogP contribution in [0.4, 0.5) is 11.6 Å². The number of hydrogen-bond donors (Lipinski definition) is 3. The largest absolute Gasteiger partial charge is 0.373 e. The average Bonchev–Trinajstić information content (AvgIpc) is 2.29. The molecule has 8 nitrogen and oxygen atoms in total. The molecule has 0 fully saturated rings. The number of carbonyl (C=O) groups is 2. The SMILES string of the molecule is CNc1nc(C)nc(N(CC(N)=O)CC(N)=O)c1C. The Balaban J connectivity index is 3.24. The van der Waals surface area contributed by atoms with Crippen molar-refractivity contribution < 1.29 is 9.59 Å². The van der Waals surface area contributed by atoms with Crippen molar-refractivity contribution in [2.75, 3.05) is 30.4 Å². The second kappa shape index (κ2) is 5.98. The van der Waals surface area contributed by atoms with Crippen LogP contribution in [0.25, 0.3) is 0 Å². The van der Waals surface area contributed by atoms with Crippen LogP contribution in [0.1, 0.15) is 11.4 Å². The van der Waals surface area contributed by atoms with Crippen LogP contribution in [0, 0.1) is 13.8 Å². The number of aromatic nitrogens is 2. The normalized spacial score (nSPS) is 10.1. The van der Waals surface area contributed by atoms with Crippen LogP contribution in [0.2, 0.25) is 0 Å². The van der Waals surface area contributed by atoms with Crippen molar-refractivity contribution >= 4 is 23.5 Å². The van der Waals surface area contributed by atoms with Crippen molar-refractivity contribution in [3.05, 3.63) is 11.4 Å². The lowest BCUT2D eigenvalue weighted by Crippen LogP contribution is -2.40. The molecule has 0 aliphatic heterocycles. The zero-order chi connectivity index (χ0) is 14.6. The highest BCUT2D eigenvalue weighted by atomic mass is 16.2. The van der Waals surface area contributed by atoms with Gasteiger partial charge in [-0.25, -0.2) is 9.97 Å². The first-order valence-corrected chi connectivity index (χ1v) is 5.69. The highest BCUT2D eigenvalue weighted by Crippen LogP contribution is 2.22. The molecule has 0 radical (unpaired) electrons. The van der Waals surface area contributed by atoms with Gasteiger partial charge in [-0.2, -0.15) is 0 Å². The molecule has 19 heavy (non-hydrogen) atoms. The molecule has 1 heterocycles. The summed E-state index contributed by atoms with van der Waals surface area (Å²) >= 11 is 0. The van der Waals surface area contributed by atoms with Crippen LogP contribution in [0.5, 0.6) is 0 Å². The van der Waals surface area contributed by atoms with E-state index < -0.39 is 11.8 Å². The van der Waals surface area contributed by atoms with Gasteiger partial charge >= 0.3 is 0 Å². The van der Waals surface area contributed by atoms with E-state index in [0.29, 0.717) is 17.5 Å². The third kappa shape index (κ3) is 3.80. The van der Waals surface area contributed by atoms with Crippen LogP contribution in [-0.2, 0) is 9.59 Å². The van der Waals surface area contributed by atoms with Gasteiger partial charge < -0.3 is 21.7 Å². The molecule has 8 heteroatoms. The molecule has 0 spiro atoms. The fourth-order valence-electron chi connectivity index (χ4n) is 1.75. The van der Waals surface area contributed by atoms with Crippen molar-refractivity contribution in [2.45, 2.75) is 13.8 Å². The van der Waals surface area contributed by atoms with E-state index in [0.717, 1.165) is 5.56 Å². The lowest BCUT2D eigenvalue weighted by molar-refractivity contribution is -0.117. The van der Waals surface area contributed by atoms with Crippen LogP contribution in [0.15, 0.2) is 0 Å². The predicted octanol–water partition coefficient (Wildman–Crippen LogP) is -1.09. The summed E-state index contributed by atoms with van der Waals surface area (Å²) in [5.41, 5.74) is 11.1. The maximum absolute atomic E-state index is 11.1. The third-order valence-electron chi connectivity index (χ3n) is 2.46. The number of rotatable bonds is 6. The summed E-state index contributed by atoms with van der Waals surface area (Å²) in [4.78, 5) is 32.1. The first-order valence-electron chi connectivity index (χ1n) is 5.69. The predicted molar refractivity (Wildman–Crippen MR) is 71.7 cm³/mol. The summed E-state index contributed by atoms with van der Waals surface area (Å²) in [6, 6.07) is 0. The number of carbonyl (C=O) groups excluding carboxylic acids is 2. The molecule has 1 aromatic rings. The van der Waals surface area contributed by atoms with Crippen LogP contribution >= 0.6 is 0 Å². The molecule has 0 atom stereocenters. The second-order valence-electron chi connectivity index (χ2n) is 4.11. The Labute approximate surface area is 111 Å². The van der Waals surface area contributed by atoms with Gasteiger partial charge in [0.1, 0.15) is 17.5 Å². The monoisotopic (exact) mass is 266 g/mol. The van der Waals surface area contributed by atoms with Crippen molar-refractivity contribution in [2.24, 2.45) is 11.5 Å². The minimum absolute atomic E-state index is 0.136. The van der Waals surface area contributed by atoms with Gasteiger partial charge in [0.2, 0.25) is 11.8 Å². The lowest BCUT2D eigenvalue weighted by Gasteiger charge is -2.23. The molecule has 104 valence electrons. The number of primary amides is 2. The van der Waals surface area contributed by atoms with Crippen molar-refractivity contribution in [3.8, 4) is 0 Å². The molecule has 0 aliphatic carbocycles. The van der Waals surface area contributed by atoms with E-state index in [-0.39, 0.29) is 13.1 Å². The van der Waals surface area contributed by atoms with Crippen LogP contribution in [0.3, 0.4) is 0 Å². The molecular weight excluding hydrogens is 248 g/mol. The van der Waals surface area contributed by atoms with E-state index in [1.807, 2.05) is 0 Å². The number of nitrogens with one attached hydrogen (secondary N) is 1. The first kappa shape index (κ1) is 14.7. The number of hydrogen-bond acceptors (Lipinski definition) is 6. The Kier molecular flexibility index (Phi) is 4.62. The fourth-order valence-corrected chi connectivity index (χ4v) is 1.75. The van der Waals surface area contributed by atoms with Crippen molar-refractivity contribution in [1.29, 1.82) is 0 Å². The summed E-state index contributed by atoms with van der Waals surface area (Å²) in [5.74, 6) is 0.477. The van der Waals surface area contributed by atoms with Crippen LogP contribution in [-0.4, -0.2) is 41.9 Å². The van der Waals surface area contributed by atoms with E-state index >= 15 is 0 Å². The highest BCUT2D eigenvalue weighted by Gasteiger charge is 2.18. The first-order chi connectivity index (χ1) is 8.85. The summed E-state index contributed by atoms with van der Waals surface area (Å²) in [7, 11) is 1.73. The van der Waals surface area contributed by atoms with Gasteiger partial charge in [0.25, 0.3) is 0 Å². The number of amides is 2. The van der Waals surface area contributed by atoms with Gasteiger partial charge in [0.05, 0.1) is 13.1 Å². The van der Waals surface area contributed by atoms with Gasteiger partial charge in [-0.05, 0) is 13.8 Å². The van der Waals surface area contributed by atoms with Crippen molar-refractivity contribution in [3.63, 3.8) is 0 Å². The zero-order valence-corrected chi connectivity index (χ0v) is 11.2. The maximum atomic E-state index is 11.1. The number of aryl methyl sites for hydroxylation is 1. The van der Waals surface area contributed by atoms with E-state index in [1.54, 1.807) is 20.9 Å². The fraction of sp³-hybridized carbons (Fsp3) is 0.455. The summed E-state index contributed by atoms with van der Waals surface area (Å²) < 4.78 is 0. The highest BCUT2D eigenvalue weighted by molar-refractivity contribution is 5.85. The second-order valence-corrected chi connectivity index (χ2v) is 4.11. The van der Waals surface area contributed by atoms with E-state index in [2.05, 4.69) is 15.3 Å². The lowest BCUT2D eigenvalue weighted by atomic mass is 10.2. The zero-order valence-electron chi connectivity index (χ0n) is 11.2. The molecule has 0 aliphatic rings. The minimum atomic E-state index is -0.567. The van der Waals surface area contributed by atoms with Gasteiger partial charge in [0.15, 0.2) is 0 Å². The van der Waals surface area contributed by atoms with Crippen LogP contribution < -0.4 is 21.7 Å². The van der Waals surface area contributed by atoms with Crippen molar-refractivity contribution in [1.82, 2.24) is 9.97 Å². The third-order valence-corrected chi connectivity index (χ3v) is 2.46. The smallest absolute Gasteiger partial charge is 0.237 e. The molecule has 1 rings (SSSR count). The Morgan fingerprint density at radius 3 is 2.11 bits per heavy atom. The summed E-state index contributed by atoms with van der Waals surface area (Å²) in [6.07, 6.45) is 0. The van der Waals surface area contributed by atoms with Gasteiger partial charge in [-0.1, -0.05) is 0 Å². The Bertz CT molecular complexity index is 486. The molecule has 5 N–H and O–H groups in total. The molecule has 1 aromatic heterocycles. The van der Waals surface area contributed by atoms with Gasteiger partial charge in [-0.15, -0.1) is 0 Å². The number of anilines is 2. The molecular formula is C11H18N6O2. The minimum Gasteiger partial charge on any atom is -0.373 e. The van der Waals surface area contributed by atoms with Gasteiger partial charge in [-0.3, -0.25) is 9.59 Å². The number of nitrogens with two attached hydrogens (primary N) is 2. The molecule has 2 amide bonds. The standard InChI is InChI=1S/C11H18N6O2/c1-6-10(14-3)15-7(2)16-11(6)17(4-8(12)18)5-9(13)19/h4-5H2,1-3H3,(H2,12,18)(H2,13,19)(H,14,15,16). The molecule has 0 bridgehead atoms. The van der Waals surface area contributed by atoms with E-state index in [4.69, 9.17) is 11.5 Å². The molecule has 0 aromatic carbocycles. The maximum Gasteiger partial charge on any atom is 0.237 e. The molecule has 0 saturated carbocycles. The summed E-state index contributed by atoms with van der Waals surface area (Å²) in [5, 5.41) is 2.93. The Morgan fingerprint density at radius 2 is 1.68 bits per heavy atom. The molecule has 0 saturated heterocycles. The van der Waals surface area contributed by atoms with Gasteiger partial charge in [0, 0.05) is 12.6 Å². The summed E-state index contributed by atoms with van der Waals surface area (Å²) in [6.45, 7) is 3.23. The topological polar surface area (TPSA) is 127 Å². The average molecular weight is 266 g/mol.